The summed E-state index contributed by atoms with van der Waals surface area (Å²) in [6, 6.07) is 14.3. The van der Waals surface area contributed by atoms with Crippen LogP contribution in [-0.2, 0) is 0 Å². The first kappa shape index (κ1) is 15.6. The Balaban J connectivity index is 2.11. The lowest BCUT2D eigenvalue weighted by Crippen LogP contribution is -2.28. The first-order valence-corrected chi connectivity index (χ1v) is 7.56. The second kappa shape index (κ2) is 6.45. The summed E-state index contributed by atoms with van der Waals surface area (Å²) in [5.74, 6) is -0.516. The summed E-state index contributed by atoms with van der Waals surface area (Å²) in [4.78, 5) is 23.2. The number of urea groups is 1. The summed E-state index contributed by atoms with van der Waals surface area (Å²) in [5.41, 5.74) is 8.06. The number of rotatable bonds is 4. The molecule has 6 heteroatoms. The number of para-hydroxylation sites is 2. The summed E-state index contributed by atoms with van der Waals surface area (Å²) in [6.45, 7) is 2.38. The van der Waals surface area contributed by atoms with Crippen LogP contribution in [0.15, 0.2) is 52.9 Å². The van der Waals surface area contributed by atoms with E-state index in [1.165, 1.54) is 0 Å². The second-order valence-electron chi connectivity index (χ2n) is 5.23. The summed E-state index contributed by atoms with van der Waals surface area (Å²) in [7, 11) is 0. The maximum absolute atomic E-state index is 11.8. The predicted octanol–water partition coefficient (Wildman–Crippen LogP) is 3.34. The zero-order valence-corrected chi connectivity index (χ0v) is 13.1. The van der Waals surface area contributed by atoms with E-state index in [0.29, 0.717) is 17.8 Å². The molecule has 0 atom stereocenters. The van der Waals surface area contributed by atoms with Crippen molar-refractivity contribution in [2.75, 3.05) is 11.9 Å². The summed E-state index contributed by atoms with van der Waals surface area (Å²) < 4.78 is 5.62. The smallest absolute Gasteiger partial charge is 0.319 e. The molecule has 0 saturated carbocycles. The van der Waals surface area contributed by atoms with Crippen LogP contribution in [0.3, 0.4) is 0 Å². The molecule has 0 aliphatic heterocycles. The highest BCUT2D eigenvalue weighted by Gasteiger charge is 2.15. The number of benzene rings is 2. The number of anilines is 1. The van der Waals surface area contributed by atoms with Gasteiger partial charge in [-0.1, -0.05) is 36.4 Å². The first-order valence-electron chi connectivity index (χ1n) is 7.56. The first-order chi connectivity index (χ1) is 11.6. The second-order valence-corrected chi connectivity index (χ2v) is 5.23. The standard InChI is InChI=1S/C18H17N3O3/c1-2-20-18(23)21-14-9-4-3-7-12(14)13-8-5-6-11-10-15(17(19)22)24-16(11)13/h3-10H,2H2,1H3,(H2,19,22)(H2,20,21,23). The molecule has 0 radical (unpaired) electrons. The Kier molecular flexibility index (Phi) is 4.20. The Bertz CT molecular complexity index is 915. The van der Waals surface area contributed by atoms with Crippen LogP contribution >= 0.6 is 0 Å². The molecule has 0 spiro atoms. The summed E-state index contributed by atoms with van der Waals surface area (Å²) in [5, 5.41) is 6.29. The van der Waals surface area contributed by atoms with Gasteiger partial charge in [-0.05, 0) is 19.1 Å². The normalized spacial score (nSPS) is 10.5. The van der Waals surface area contributed by atoms with Crippen molar-refractivity contribution in [3.8, 4) is 11.1 Å². The lowest BCUT2D eigenvalue weighted by molar-refractivity contribution is 0.0976. The fourth-order valence-electron chi connectivity index (χ4n) is 2.55. The number of furan rings is 1. The third kappa shape index (κ3) is 2.94. The third-order valence-corrected chi connectivity index (χ3v) is 3.59. The van der Waals surface area contributed by atoms with Crippen molar-refractivity contribution in [1.82, 2.24) is 5.32 Å². The van der Waals surface area contributed by atoms with Crippen LogP contribution < -0.4 is 16.4 Å². The van der Waals surface area contributed by atoms with Crippen molar-refractivity contribution in [3.05, 3.63) is 54.3 Å². The van der Waals surface area contributed by atoms with Crippen LogP contribution in [0.2, 0.25) is 0 Å². The highest BCUT2D eigenvalue weighted by atomic mass is 16.3. The zero-order chi connectivity index (χ0) is 17.1. The Morgan fingerprint density at radius 2 is 1.83 bits per heavy atom. The molecule has 4 N–H and O–H groups in total. The minimum absolute atomic E-state index is 0.103. The molecule has 3 aromatic rings. The maximum atomic E-state index is 11.8. The fraction of sp³-hybridized carbons (Fsp3) is 0.111. The molecule has 0 bridgehead atoms. The highest BCUT2D eigenvalue weighted by molar-refractivity contribution is 6.02. The number of hydrogen-bond donors (Lipinski definition) is 3. The Morgan fingerprint density at radius 1 is 1.08 bits per heavy atom. The van der Waals surface area contributed by atoms with E-state index in [1.54, 1.807) is 12.1 Å². The molecule has 0 aliphatic carbocycles. The van der Waals surface area contributed by atoms with Gasteiger partial charge in [-0.25, -0.2) is 4.79 Å². The van der Waals surface area contributed by atoms with Crippen molar-refractivity contribution in [2.24, 2.45) is 5.73 Å². The molecular weight excluding hydrogens is 306 g/mol. The van der Waals surface area contributed by atoms with Crippen molar-refractivity contribution < 1.29 is 14.0 Å². The summed E-state index contributed by atoms with van der Waals surface area (Å²) in [6.07, 6.45) is 0. The quantitative estimate of drug-likeness (QED) is 0.687. The SMILES string of the molecule is CCNC(=O)Nc1ccccc1-c1cccc2cc(C(N)=O)oc12. The average molecular weight is 323 g/mol. The van der Waals surface area contributed by atoms with Crippen molar-refractivity contribution in [1.29, 1.82) is 0 Å². The topological polar surface area (TPSA) is 97.4 Å². The average Bonchev–Trinajstić information content (AvgIpc) is 3.00. The largest absolute Gasteiger partial charge is 0.450 e. The highest BCUT2D eigenvalue weighted by Crippen LogP contribution is 2.35. The number of primary amides is 1. The monoisotopic (exact) mass is 323 g/mol. The van der Waals surface area contributed by atoms with Crippen molar-refractivity contribution in [2.45, 2.75) is 6.92 Å². The van der Waals surface area contributed by atoms with Gasteiger partial charge in [0, 0.05) is 23.1 Å². The van der Waals surface area contributed by atoms with Gasteiger partial charge in [-0.15, -0.1) is 0 Å². The number of carbonyl (C=O) groups excluding carboxylic acids is 2. The minimum Gasteiger partial charge on any atom is -0.450 e. The van der Waals surface area contributed by atoms with E-state index < -0.39 is 5.91 Å². The van der Waals surface area contributed by atoms with Crippen LogP contribution in [0.25, 0.3) is 22.1 Å². The Morgan fingerprint density at radius 3 is 2.58 bits per heavy atom. The number of carbonyl (C=O) groups is 2. The Labute approximate surface area is 138 Å². The van der Waals surface area contributed by atoms with Crippen molar-refractivity contribution in [3.63, 3.8) is 0 Å². The molecule has 0 unspecified atom stereocenters. The number of nitrogens with one attached hydrogen (secondary N) is 2. The molecule has 24 heavy (non-hydrogen) atoms. The van der Waals surface area contributed by atoms with E-state index in [2.05, 4.69) is 10.6 Å². The van der Waals surface area contributed by atoms with Gasteiger partial charge < -0.3 is 20.8 Å². The van der Waals surface area contributed by atoms with E-state index in [4.69, 9.17) is 10.2 Å². The number of amides is 3. The lowest BCUT2D eigenvalue weighted by Gasteiger charge is -2.12. The van der Waals surface area contributed by atoms with Crippen LogP contribution in [0.4, 0.5) is 10.5 Å². The van der Waals surface area contributed by atoms with E-state index >= 15 is 0 Å². The van der Waals surface area contributed by atoms with Gasteiger partial charge in [0.2, 0.25) is 0 Å². The molecule has 3 rings (SSSR count). The van der Waals surface area contributed by atoms with E-state index in [9.17, 15) is 9.59 Å². The molecule has 1 heterocycles. The van der Waals surface area contributed by atoms with Gasteiger partial charge in [0.15, 0.2) is 5.76 Å². The maximum Gasteiger partial charge on any atom is 0.319 e. The van der Waals surface area contributed by atoms with Crippen LogP contribution in [0.1, 0.15) is 17.5 Å². The van der Waals surface area contributed by atoms with Crippen LogP contribution in [-0.4, -0.2) is 18.5 Å². The summed E-state index contributed by atoms with van der Waals surface area (Å²) >= 11 is 0. The van der Waals surface area contributed by atoms with Crippen LogP contribution in [0.5, 0.6) is 0 Å². The molecule has 122 valence electrons. The molecule has 3 amide bonds. The number of fused-ring (bicyclic) bond motifs is 1. The lowest BCUT2D eigenvalue weighted by atomic mass is 10.0. The molecular formula is C18H17N3O3. The Hall–Kier alpha value is -3.28. The predicted molar refractivity (Wildman–Crippen MR) is 92.9 cm³/mol. The molecule has 0 fully saturated rings. The van der Waals surface area contributed by atoms with Gasteiger partial charge in [-0.2, -0.15) is 0 Å². The molecule has 6 nitrogen and oxygen atoms in total. The van der Waals surface area contributed by atoms with Gasteiger partial charge in [0.1, 0.15) is 5.58 Å². The van der Waals surface area contributed by atoms with E-state index in [-0.39, 0.29) is 11.8 Å². The van der Waals surface area contributed by atoms with Crippen molar-refractivity contribution >= 4 is 28.6 Å². The fourth-order valence-corrected chi connectivity index (χ4v) is 2.55. The third-order valence-electron chi connectivity index (χ3n) is 3.59. The van der Waals surface area contributed by atoms with Crippen LogP contribution in [0, 0.1) is 0 Å². The molecule has 0 saturated heterocycles. The number of hydrogen-bond acceptors (Lipinski definition) is 3. The van der Waals surface area contributed by atoms with E-state index in [0.717, 1.165) is 16.5 Å². The van der Waals surface area contributed by atoms with E-state index in [1.807, 2.05) is 43.3 Å². The molecule has 0 aliphatic rings. The van der Waals surface area contributed by atoms with Gasteiger partial charge in [-0.3, -0.25) is 4.79 Å². The minimum atomic E-state index is -0.620. The van der Waals surface area contributed by atoms with Gasteiger partial charge in [0.05, 0.1) is 5.69 Å². The van der Waals surface area contributed by atoms with Gasteiger partial charge >= 0.3 is 6.03 Å². The molecule has 2 aromatic carbocycles. The van der Waals surface area contributed by atoms with Gasteiger partial charge in [0.25, 0.3) is 5.91 Å². The zero-order valence-electron chi connectivity index (χ0n) is 13.1. The number of nitrogens with two attached hydrogens (primary N) is 1. The molecule has 1 aromatic heterocycles.